The molecule has 0 bridgehead atoms. The van der Waals surface area contributed by atoms with Crippen molar-refractivity contribution in [1.82, 2.24) is 0 Å². The average Bonchev–Trinajstić information content (AvgIpc) is 2.09. The molecule has 1 aromatic rings. The zero-order valence-corrected chi connectivity index (χ0v) is 7.55. The summed E-state index contributed by atoms with van der Waals surface area (Å²) in [7, 11) is 0. The van der Waals surface area contributed by atoms with E-state index in [1.54, 1.807) is 0 Å². The van der Waals surface area contributed by atoms with Gasteiger partial charge in [0.05, 0.1) is 16.3 Å². The van der Waals surface area contributed by atoms with E-state index in [0.717, 1.165) is 6.07 Å². The fourth-order valence-corrected chi connectivity index (χ4v) is 1.10. The molecule has 0 fully saturated rings. The monoisotopic (exact) mass is 221 g/mol. The Morgan fingerprint density at radius 1 is 1.50 bits per heavy atom. The van der Waals surface area contributed by atoms with Gasteiger partial charge in [0.2, 0.25) is 0 Å². The molecule has 3 N–H and O–H groups in total. The van der Waals surface area contributed by atoms with Crippen LogP contribution in [0.15, 0.2) is 18.2 Å². The van der Waals surface area contributed by atoms with E-state index in [1.165, 1.54) is 12.1 Å². The van der Waals surface area contributed by atoms with Gasteiger partial charge in [-0.2, -0.15) is 8.78 Å². The third-order valence-corrected chi connectivity index (χ3v) is 1.99. The van der Waals surface area contributed by atoms with E-state index in [1.807, 2.05) is 0 Å². The van der Waals surface area contributed by atoms with Crippen molar-refractivity contribution in [2.75, 3.05) is 5.73 Å². The molecule has 1 aromatic carbocycles. The Hall–Kier alpha value is -1.36. The van der Waals surface area contributed by atoms with E-state index < -0.39 is 23.1 Å². The van der Waals surface area contributed by atoms with Crippen molar-refractivity contribution in [2.24, 2.45) is 0 Å². The number of halogens is 3. The Bertz CT molecular complexity index is 382. The number of nitrogen functional groups attached to an aromatic ring is 1. The molecule has 0 unspecified atom stereocenters. The van der Waals surface area contributed by atoms with Crippen LogP contribution < -0.4 is 5.73 Å². The van der Waals surface area contributed by atoms with Crippen molar-refractivity contribution >= 4 is 23.3 Å². The smallest absolute Gasteiger partial charge is 0.379 e. The van der Waals surface area contributed by atoms with Gasteiger partial charge in [-0.15, -0.1) is 0 Å². The summed E-state index contributed by atoms with van der Waals surface area (Å²) in [5, 5.41) is 8.17. The predicted molar refractivity (Wildman–Crippen MR) is 47.4 cm³/mol. The molecule has 0 aliphatic carbocycles. The summed E-state index contributed by atoms with van der Waals surface area (Å²) in [6, 6.07) is 3.44. The lowest BCUT2D eigenvalue weighted by atomic mass is 10.1. The lowest BCUT2D eigenvalue weighted by Gasteiger charge is -2.14. The van der Waals surface area contributed by atoms with E-state index >= 15 is 0 Å². The molecule has 0 atom stereocenters. The number of aliphatic carboxylic acids is 1. The molecule has 0 spiro atoms. The van der Waals surface area contributed by atoms with Crippen molar-refractivity contribution in [3.8, 4) is 0 Å². The lowest BCUT2D eigenvalue weighted by molar-refractivity contribution is -0.166. The number of para-hydroxylation sites is 1. The van der Waals surface area contributed by atoms with Crippen LogP contribution in [0.25, 0.3) is 0 Å². The molecule has 3 nitrogen and oxygen atoms in total. The molecule has 0 radical (unpaired) electrons. The molecular weight excluding hydrogens is 216 g/mol. The minimum Gasteiger partial charge on any atom is -0.477 e. The summed E-state index contributed by atoms with van der Waals surface area (Å²) < 4.78 is 26.0. The zero-order chi connectivity index (χ0) is 10.9. The molecule has 0 saturated heterocycles. The van der Waals surface area contributed by atoms with Crippen molar-refractivity contribution in [2.45, 2.75) is 5.92 Å². The second kappa shape index (κ2) is 3.42. The molecule has 14 heavy (non-hydrogen) atoms. The molecule has 0 saturated carbocycles. The highest BCUT2D eigenvalue weighted by Crippen LogP contribution is 2.35. The number of hydrogen-bond acceptors (Lipinski definition) is 2. The topological polar surface area (TPSA) is 63.3 Å². The lowest BCUT2D eigenvalue weighted by Crippen LogP contribution is -2.26. The number of anilines is 1. The number of alkyl halides is 2. The third kappa shape index (κ3) is 1.63. The minimum absolute atomic E-state index is 0.0941. The maximum atomic E-state index is 13.0. The minimum atomic E-state index is -4.02. The van der Waals surface area contributed by atoms with Gasteiger partial charge in [-0.3, -0.25) is 0 Å². The number of rotatable bonds is 2. The maximum absolute atomic E-state index is 13.0. The van der Waals surface area contributed by atoms with Gasteiger partial charge >= 0.3 is 11.9 Å². The first-order chi connectivity index (χ1) is 6.37. The van der Waals surface area contributed by atoms with Crippen LogP contribution in [0, 0.1) is 0 Å². The summed E-state index contributed by atoms with van der Waals surface area (Å²) in [5.41, 5.74) is 4.02. The number of nitrogens with two attached hydrogens (primary N) is 1. The van der Waals surface area contributed by atoms with Gasteiger partial charge in [0.1, 0.15) is 0 Å². The van der Waals surface area contributed by atoms with Crippen LogP contribution >= 0.6 is 11.6 Å². The second-order valence-electron chi connectivity index (χ2n) is 2.58. The summed E-state index contributed by atoms with van der Waals surface area (Å²) in [6.07, 6.45) is 0. The number of carbonyl (C=O) groups is 1. The maximum Gasteiger partial charge on any atom is 0.379 e. The van der Waals surface area contributed by atoms with Crippen LogP contribution in [0.1, 0.15) is 5.56 Å². The van der Waals surface area contributed by atoms with Crippen LogP contribution in [-0.4, -0.2) is 11.1 Å². The third-order valence-electron chi connectivity index (χ3n) is 1.66. The fraction of sp³-hybridized carbons (Fsp3) is 0.125. The second-order valence-corrected chi connectivity index (χ2v) is 2.99. The molecule has 0 aliphatic rings. The van der Waals surface area contributed by atoms with Gasteiger partial charge in [0.15, 0.2) is 0 Å². The van der Waals surface area contributed by atoms with Crippen molar-refractivity contribution in [1.29, 1.82) is 0 Å². The van der Waals surface area contributed by atoms with E-state index in [9.17, 15) is 13.6 Å². The first-order valence-corrected chi connectivity index (χ1v) is 3.91. The van der Waals surface area contributed by atoms with E-state index in [4.69, 9.17) is 22.4 Å². The van der Waals surface area contributed by atoms with Crippen LogP contribution in [0.2, 0.25) is 5.02 Å². The molecule has 76 valence electrons. The Morgan fingerprint density at radius 2 is 2.07 bits per heavy atom. The van der Waals surface area contributed by atoms with Crippen LogP contribution in [0.4, 0.5) is 14.5 Å². The highest BCUT2D eigenvalue weighted by Gasteiger charge is 2.42. The number of carboxylic acid groups (broad SMARTS) is 1. The standard InChI is InChI=1S/C8H6ClF2NO2/c9-5-3-1-2-4(6(5)12)8(10,11)7(13)14/h1-3H,12H2,(H,13,14). The molecule has 0 aliphatic heterocycles. The van der Waals surface area contributed by atoms with Gasteiger partial charge in [-0.05, 0) is 6.07 Å². The normalized spacial score (nSPS) is 11.4. The summed E-state index contributed by atoms with van der Waals surface area (Å²) in [4.78, 5) is 10.2. The molecule has 0 amide bonds. The van der Waals surface area contributed by atoms with Gasteiger partial charge in [0.25, 0.3) is 0 Å². The Morgan fingerprint density at radius 3 is 2.57 bits per heavy atom. The van der Waals surface area contributed by atoms with Gasteiger partial charge < -0.3 is 10.8 Å². The first-order valence-electron chi connectivity index (χ1n) is 3.53. The van der Waals surface area contributed by atoms with E-state index in [0.29, 0.717) is 0 Å². The molecular formula is C8H6ClF2NO2. The largest absolute Gasteiger partial charge is 0.477 e. The predicted octanol–water partition coefficient (Wildman–Crippen LogP) is 2.10. The molecule has 0 heterocycles. The zero-order valence-electron chi connectivity index (χ0n) is 6.80. The number of hydrogen-bond donors (Lipinski definition) is 2. The van der Waals surface area contributed by atoms with Crippen molar-refractivity contribution in [3.05, 3.63) is 28.8 Å². The molecule has 6 heteroatoms. The summed E-state index contributed by atoms with van der Waals surface area (Å²) in [5.74, 6) is -6.28. The number of benzene rings is 1. The quantitative estimate of drug-likeness (QED) is 0.752. The van der Waals surface area contributed by atoms with Gasteiger partial charge in [0, 0.05) is 0 Å². The highest BCUT2D eigenvalue weighted by atomic mass is 35.5. The molecule has 1 rings (SSSR count). The summed E-state index contributed by atoms with van der Waals surface area (Å²) in [6.45, 7) is 0. The fourth-order valence-electron chi connectivity index (χ4n) is 0.926. The van der Waals surface area contributed by atoms with E-state index in [2.05, 4.69) is 0 Å². The van der Waals surface area contributed by atoms with Crippen LogP contribution in [0.3, 0.4) is 0 Å². The van der Waals surface area contributed by atoms with E-state index in [-0.39, 0.29) is 5.02 Å². The van der Waals surface area contributed by atoms with Crippen LogP contribution in [0.5, 0.6) is 0 Å². The number of carboxylic acids is 1. The Kier molecular flexibility index (Phi) is 2.62. The van der Waals surface area contributed by atoms with Crippen molar-refractivity contribution < 1.29 is 18.7 Å². The Balaban J connectivity index is 3.33. The Labute approximate surface area is 83.1 Å². The first kappa shape index (κ1) is 10.7. The van der Waals surface area contributed by atoms with Crippen molar-refractivity contribution in [3.63, 3.8) is 0 Å². The van der Waals surface area contributed by atoms with Crippen LogP contribution in [-0.2, 0) is 10.7 Å². The highest BCUT2D eigenvalue weighted by molar-refractivity contribution is 6.33. The summed E-state index contributed by atoms with van der Waals surface area (Å²) >= 11 is 5.47. The van der Waals surface area contributed by atoms with Gasteiger partial charge in [-0.25, -0.2) is 4.79 Å². The average molecular weight is 222 g/mol. The molecule has 0 aromatic heterocycles. The SMILES string of the molecule is Nc1c(Cl)cccc1C(F)(F)C(=O)O. The van der Waals surface area contributed by atoms with Gasteiger partial charge in [-0.1, -0.05) is 23.7 Å².